The van der Waals surface area contributed by atoms with Gasteiger partial charge in [0.05, 0.1) is 6.54 Å². The summed E-state index contributed by atoms with van der Waals surface area (Å²) in [6, 6.07) is 9.94. The normalized spacial score (nSPS) is 23.4. The van der Waals surface area contributed by atoms with Crippen molar-refractivity contribution in [2.24, 2.45) is 0 Å². The highest BCUT2D eigenvalue weighted by atomic mass is 16.2. The maximum atomic E-state index is 13.2. The molecule has 5 rings (SSSR count). The number of amides is 3. The van der Waals surface area contributed by atoms with Gasteiger partial charge in [0.25, 0.3) is 5.91 Å². The number of fused-ring (bicyclic) bond motifs is 1. The summed E-state index contributed by atoms with van der Waals surface area (Å²) in [5, 5.41) is 2.91. The van der Waals surface area contributed by atoms with Crippen LogP contribution in [0.15, 0.2) is 30.3 Å². The van der Waals surface area contributed by atoms with Crippen LogP contribution in [0.4, 0.5) is 4.79 Å². The fourth-order valence-corrected chi connectivity index (χ4v) is 5.03. The lowest BCUT2D eigenvalue weighted by Crippen LogP contribution is -2.51. The molecule has 1 saturated carbocycles. The molecule has 0 radical (unpaired) electrons. The summed E-state index contributed by atoms with van der Waals surface area (Å²) >= 11 is 0. The van der Waals surface area contributed by atoms with Crippen LogP contribution in [0.3, 0.4) is 0 Å². The van der Waals surface area contributed by atoms with E-state index in [0.717, 1.165) is 41.1 Å². The van der Waals surface area contributed by atoms with E-state index in [0.29, 0.717) is 24.4 Å². The van der Waals surface area contributed by atoms with Gasteiger partial charge in [-0.2, -0.15) is 0 Å². The maximum absolute atomic E-state index is 13.2. The fraction of sp³-hybridized carbons (Fsp3) is 0.435. The molecule has 2 aromatic rings. The van der Waals surface area contributed by atoms with Gasteiger partial charge in [-0.05, 0) is 56.7 Å². The largest absolute Gasteiger partial charge is 0.345 e. The van der Waals surface area contributed by atoms with Crippen molar-refractivity contribution in [3.05, 3.63) is 58.4 Å². The Kier molecular flexibility index (Phi) is 3.95. The minimum atomic E-state index is -0.920. The van der Waals surface area contributed by atoms with E-state index < -0.39 is 11.6 Å². The summed E-state index contributed by atoms with van der Waals surface area (Å²) in [7, 11) is 0. The van der Waals surface area contributed by atoms with Gasteiger partial charge in [0, 0.05) is 29.4 Å². The Bertz CT molecular complexity index is 1050. The number of aromatic nitrogens is 1. The number of ketones is 1. The number of hydrogen-bond acceptors (Lipinski definition) is 3. The molecule has 3 aliphatic rings. The Morgan fingerprint density at radius 1 is 1.17 bits per heavy atom. The van der Waals surface area contributed by atoms with Crippen molar-refractivity contribution in [3.63, 3.8) is 0 Å². The lowest BCUT2D eigenvalue weighted by Gasteiger charge is -2.32. The zero-order valence-corrected chi connectivity index (χ0v) is 16.8. The highest BCUT2D eigenvalue weighted by Crippen LogP contribution is 2.39. The van der Waals surface area contributed by atoms with Crippen LogP contribution >= 0.6 is 0 Å². The molecular weight excluding hydrogens is 366 g/mol. The van der Waals surface area contributed by atoms with E-state index in [1.54, 1.807) is 0 Å². The number of nitrogens with one attached hydrogen (secondary N) is 1. The van der Waals surface area contributed by atoms with Crippen molar-refractivity contribution >= 4 is 17.7 Å². The third-order valence-electron chi connectivity index (χ3n) is 6.68. The number of rotatable bonds is 4. The number of carbonyl (C=O) groups is 3. The number of imide groups is 1. The Labute approximate surface area is 169 Å². The summed E-state index contributed by atoms with van der Waals surface area (Å²) in [6.45, 7) is 3.75. The highest BCUT2D eigenvalue weighted by molar-refractivity contribution is 6.11. The second-order valence-electron chi connectivity index (χ2n) is 8.66. The highest BCUT2D eigenvalue weighted by Gasteiger charge is 2.52. The zero-order chi connectivity index (χ0) is 20.3. The van der Waals surface area contributed by atoms with Gasteiger partial charge in [0.15, 0.2) is 5.78 Å². The molecule has 1 atom stereocenters. The van der Waals surface area contributed by atoms with Crippen LogP contribution in [0.1, 0.15) is 58.2 Å². The minimum absolute atomic E-state index is 0.179. The second-order valence-corrected chi connectivity index (χ2v) is 8.66. The van der Waals surface area contributed by atoms with Gasteiger partial charge in [-0.3, -0.25) is 14.5 Å². The minimum Gasteiger partial charge on any atom is -0.345 e. The first-order valence-electron chi connectivity index (χ1n) is 10.3. The number of benzene rings is 1. The molecule has 6 heteroatoms. The third-order valence-corrected chi connectivity index (χ3v) is 6.68. The molecule has 3 amide bonds. The zero-order valence-electron chi connectivity index (χ0n) is 16.8. The van der Waals surface area contributed by atoms with Crippen molar-refractivity contribution in [2.45, 2.75) is 57.5 Å². The van der Waals surface area contributed by atoms with Crippen LogP contribution in [0.5, 0.6) is 0 Å². The Hall–Kier alpha value is -2.89. The van der Waals surface area contributed by atoms with Crippen molar-refractivity contribution in [1.82, 2.24) is 14.8 Å². The van der Waals surface area contributed by atoms with Gasteiger partial charge in [-0.15, -0.1) is 0 Å². The fourth-order valence-electron chi connectivity index (χ4n) is 5.03. The number of urea groups is 1. The van der Waals surface area contributed by atoms with Gasteiger partial charge in [0.2, 0.25) is 0 Å². The third kappa shape index (κ3) is 2.81. The van der Waals surface area contributed by atoms with E-state index in [9.17, 15) is 14.4 Å². The van der Waals surface area contributed by atoms with Gasteiger partial charge in [-0.25, -0.2) is 4.79 Å². The molecule has 1 aromatic carbocycles. The average Bonchev–Trinajstić information content (AvgIpc) is 3.45. The van der Waals surface area contributed by atoms with E-state index in [-0.39, 0.29) is 18.2 Å². The number of hydrogen-bond donors (Lipinski definition) is 1. The van der Waals surface area contributed by atoms with E-state index in [1.165, 1.54) is 5.56 Å². The quantitative estimate of drug-likeness (QED) is 0.643. The van der Waals surface area contributed by atoms with Gasteiger partial charge >= 0.3 is 6.03 Å². The van der Waals surface area contributed by atoms with Crippen molar-refractivity contribution in [1.29, 1.82) is 0 Å². The summed E-state index contributed by atoms with van der Waals surface area (Å²) in [5.41, 5.74) is 4.01. The molecule has 1 aromatic heterocycles. The van der Waals surface area contributed by atoms with Crippen LogP contribution < -0.4 is 5.32 Å². The number of Topliss-reactive ketones (excluding diaryl/α,β-unsaturated/α-hetero) is 1. The standard InChI is InChI=1S/C23H25N3O3/c1-14-11-19(15(2)26(14)18-7-8-18)20(27)13-25-21(28)23(24-22(25)29)10-9-16-5-3-4-6-17(16)12-23/h3-6,11,18H,7-10,12-13H2,1-2H3,(H,24,29). The lowest BCUT2D eigenvalue weighted by atomic mass is 9.78. The first-order chi connectivity index (χ1) is 13.9. The van der Waals surface area contributed by atoms with E-state index in [1.807, 2.05) is 38.1 Å². The SMILES string of the molecule is Cc1cc(C(=O)CN2C(=O)NC3(CCc4ccccc4C3)C2=O)c(C)n1C1CC1. The lowest BCUT2D eigenvalue weighted by molar-refractivity contribution is -0.131. The van der Waals surface area contributed by atoms with Crippen molar-refractivity contribution in [2.75, 3.05) is 6.54 Å². The van der Waals surface area contributed by atoms with Crippen LogP contribution in [0.2, 0.25) is 0 Å². The van der Waals surface area contributed by atoms with Crippen LogP contribution in [0.25, 0.3) is 0 Å². The summed E-state index contributed by atoms with van der Waals surface area (Å²) < 4.78 is 2.21. The van der Waals surface area contributed by atoms with E-state index in [2.05, 4.69) is 16.0 Å². The molecule has 2 heterocycles. The molecule has 1 aliphatic heterocycles. The molecule has 1 saturated heterocycles. The van der Waals surface area contributed by atoms with Crippen molar-refractivity contribution < 1.29 is 14.4 Å². The number of nitrogens with zero attached hydrogens (tertiary/aromatic N) is 2. The molecule has 1 spiro atoms. The Morgan fingerprint density at radius 2 is 1.90 bits per heavy atom. The molecule has 2 aliphatic carbocycles. The predicted molar refractivity (Wildman–Crippen MR) is 108 cm³/mol. The molecule has 1 unspecified atom stereocenters. The molecule has 6 nitrogen and oxygen atoms in total. The molecular formula is C23H25N3O3. The topological polar surface area (TPSA) is 71.4 Å². The van der Waals surface area contributed by atoms with Gasteiger partial charge in [0.1, 0.15) is 5.54 Å². The molecule has 150 valence electrons. The van der Waals surface area contributed by atoms with Crippen LogP contribution in [0, 0.1) is 13.8 Å². The van der Waals surface area contributed by atoms with Gasteiger partial charge < -0.3 is 9.88 Å². The summed E-state index contributed by atoms with van der Waals surface area (Å²) in [5.74, 6) is -0.455. The molecule has 0 bridgehead atoms. The van der Waals surface area contributed by atoms with E-state index in [4.69, 9.17) is 0 Å². The van der Waals surface area contributed by atoms with Gasteiger partial charge in [-0.1, -0.05) is 24.3 Å². The molecule has 29 heavy (non-hydrogen) atoms. The first-order valence-corrected chi connectivity index (χ1v) is 10.3. The number of aryl methyl sites for hydroxylation is 2. The Balaban J connectivity index is 1.38. The van der Waals surface area contributed by atoms with E-state index >= 15 is 0 Å². The van der Waals surface area contributed by atoms with Crippen LogP contribution in [-0.2, 0) is 17.6 Å². The molecule has 1 N–H and O–H groups in total. The first kappa shape index (κ1) is 18.2. The summed E-state index contributed by atoms with van der Waals surface area (Å²) in [4.78, 5) is 40.0. The Morgan fingerprint density at radius 3 is 2.62 bits per heavy atom. The smallest absolute Gasteiger partial charge is 0.325 e. The van der Waals surface area contributed by atoms with Crippen molar-refractivity contribution in [3.8, 4) is 0 Å². The number of carbonyl (C=O) groups excluding carboxylic acids is 3. The monoisotopic (exact) mass is 391 g/mol. The molecule has 2 fully saturated rings. The predicted octanol–water partition coefficient (Wildman–Crippen LogP) is 3.10. The second kappa shape index (κ2) is 6.31. The summed E-state index contributed by atoms with van der Waals surface area (Å²) in [6.07, 6.45) is 4.07. The maximum Gasteiger partial charge on any atom is 0.325 e. The average molecular weight is 391 g/mol. The van der Waals surface area contributed by atoms with Crippen LogP contribution in [-0.4, -0.2) is 39.3 Å².